The van der Waals surface area contributed by atoms with Crippen LogP contribution < -0.4 is 5.32 Å². The van der Waals surface area contributed by atoms with Crippen molar-refractivity contribution in [1.82, 2.24) is 0 Å². The summed E-state index contributed by atoms with van der Waals surface area (Å²) in [6.07, 6.45) is 2.22. The van der Waals surface area contributed by atoms with E-state index in [1.165, 1.54) is 0 Å². The van der Waals surface area contributed by atoms with Gasteiger partial charge in [-0.2, -0.15) is 0 Å². The molecule has 3 nitrogen and oxygen atoms in total. The summed E-state index contributed by atoms with van der Waals surface area (Å²) in [4.78, 5) is 11.3. The fraction of sp³-hybridized carbons (Fsp3) is 0.308. The molecule has 0 fully saturated rings. The molecule has 0 radical (unpaired) electrons. The van der Waals surface area contributed by atoms with Crippen LogP contribution in [0.2, 0.25) is 0 Å². The van der Waals surface area contributed by atoms with Gasteiger partial charge in [0.2, 0.25) is 0 Å². The maximum absolute atomic E-state index is 11.3. The van der Waals surface area contributed by atoms with E-state index in [4.69, 9.17) is 4.74 Å². The van der Waals surface area contributed by atoms with Crippen molar-refractivity contribution in [2.75, 3.05) is 11.9 Å². The number of ether oxygens (including phenoxy) is 1. The molecule has 1 amide bonds. The van der Waals surface area contributed by atoms with Crippen LogP contribution >= 0.6 is 0 Å². The van der Waals surface area contributed by atoms with Gasteiger partial charge in [0.05, 0.1) is 6.61 Å². The van der Waals surface area contributed by atoms with Gasteiger partial charge in [0.15, 0.2) is 0 Å². The third kappa shape index (κ3) is 3.12. The number of carbonyl (C=O) groups is 1. The standard InChI is InChI=1S/C13H17NO2/c1-4-10-7-8-12(11(5-2)9-10)14-13(15)16-6-3/h4,7-9H,1,5-6H2,2-3H3,(H,14,15). The highest BCUT2D eigenvalue weighted by Gasteiger charge is 2.06. The Kier molecular flexibility index (Phi) is 4.58. The van der Waals surface area contributed by atoms with Crippen LogP contribution in [0.15, 0.2) is 24.8 Å². The van der Waals surface area contributed by atoms with Crippen LogP contribution in [0.4, 0.5) is 10.5 Å². The molecular weight excluding hydrogens is 202 g/mol. The van der Waals surface area contributed by atoms with Gasteiger partial charge in [-0.05, 0) is 36.6 Å². The molecule has 1 rings (SSSR count). The molecule has 3 heteroatoms. The van der Waals surface area contributed by atoms with Crippen molar-refractivity contribution in [2.45, 2.75) is 20.3 Å². The number of anilines is 1. The zero-order chi connectivity index (χ0) is 12.0. The highest BCUT2D eigenvalue weighted by Crippen LogP contribution is 2.19. The lowest BCUT2D eigenvalue weighted by molar-refractivity contribution is 0.168. The minimum Gasteiger partial charge on any atom is -0.450 e. The molecule has 0 aromatic heterocycles. The largest absolute Gasteiger partial charge is 0.450 e. The van der Waals surface area contributed by atoms with E-state index in [0.717, 1.165) is 23.2 Å². The van der Waals surface area contributed by atoms with Crippen LogP contribution in [0, 0.1) is 0 Å². The average Bonchev–Trinajstić information content (AvgIpc) is 2.30. The molecular formula is C13H17NO2. The van der Waals surface area contributed by atoms with E-state index >= 15 is 0 Å². The van der Waals surface area contributed by atoms with Crippen molar-refractivity contribution < 1.29 is 9.53 Å². The summed E-state index contributed by atoms with van der Waals surface area (Å²) in [5.41, 5.74) is 2.92. The molecule has 0 heterocycles. The number of benzene rings is 1. The maximum Gasteiger partial charge on any atom is 0.411 e. The average molecular weight is 219 g/mol. The second kappa shape index (κ2) is 5.95. The van der Waals surface area contributed by atoms with Crippen molar-refractivity contribution >= 4 is 17.9 Å². The van der Waals surface area contributed by atoms with Crippen molar-refractivity contribution in [2.24, 2.45) is 0 Å². The van der Waals surface area contributed by atoms with E-state index in [9.17, 15) is 4.79 Å². The smallest absolute Gasteiger partial charge is 0.411 e. The van der Waals surface area contributed by atoms with Crippen molar-refractivity contribution in [3.63, 3.8) is 0 Å². The number of nitrogens with one attached hydrogen (secondary N) is 1. The zero-order valence-corrected chi connectivity index (χ0v) is 9.75. The maximum atomic E-state index is 11.3. The normalized spacial score (nSPS) is 9.62. The first-order valence-electron chi connectivity index (χ1n) is 5.40. The topological polar surface area (TPSA) is 38.3 Å². The number of hydrogen-bond donors (Lipinski definition) is 1. The highest BCUT2D eigenvalue weighted by molar-refractivity contribution is 5.86. The molecule has 1 aromatic rings. The van der Waals surface area contributed by atoms with Crippen LogP contribution in [0.5, 0.6) is 0 Å². The summed E-state index contributed by atoms with van der Waals surface area (Å²) in [5.74, 6) is 0. The molecule has 1 aromatic carbocycles. The van der Waals surface area contributed by atoms with Crippen LogP contribution in [0.3, 0.4) is 0 Å². The lowest BCUT2D eigenvalue weighted by Crippen LogP contribution is -2.14. The number of aryl methyl sites for hydroxylation is 1. The first-order chi connectivity index (χ1) is 7.71. The lowest BCUT2D eigenvalue weighted by atomic mass is 10.1. The molecule has 1 N–H and O–H groups in total. The van der Waals surface area contributed by atoms with Gasteiger partial charge in [-0.1, -0.05) is 25.6 Å². The van der Waals surface area contributed by atoms with Gasteiger partial charge in [-0.3, -0.25) is 5.32 Å². The number of hydrogen-bond acceptors (Lipinski definition) is 2. The van der Waals surface area contributed by atoms with Gasteiger partial charge in [0.1, 0.15) is 0 Å². The Balaban J connectivity index is 2.87. The van der Waals surface area contributed by atoms with Crippen LogP contribution in [-0.4, -0.2) is 12.7 Å². The highest BCUT2D eigenvalue weighted by atomic mass is 16.5. The Labute approximate surface area is 96.1 Å². The van der Waals surface area contributed by atoms with Crippen LogP contribution in [0.25, 0.3) is 6.08 Å². The van der Waals surface area contributed by atoms with Gasteiger partial charge in [-0.25, -0.2) is 4.79 Å². The second-order valence-corrected chi connectivity index (χ2v) is 3.32. The summed E-state index contributed by atoms with van der Waals surface area (Å²) in [5, 5.41) is 2.72. The molecule has 0 aliphatic rings. The van der Waals surface area contributed by atoms with E-state index in [2.05, 4.69) is 11.9 Å². The first kappa shape index (κ1) is 12.3. The Morgan fingerprint density at radius 2 is 2.25 bits per heavy atom. The van der Waals surface area contributed by atoms with E-state index in [1.54, 1.807) is 13.0 Å². The number of carbonyl (C=O) groups excluding carboxylic acids is 1. The summed E-state index contributed by atoms with van der Waals surface area (Å²) < 4.78 is 4.83. The fourth-order valence-electron chi connectivity index (χ4n) is 1.43. The monoisotopic (exact) mass is 219 g/mol. The van der Waals surface area contributed by atoms with Crippen molar-refractivity contribution in [1.29, 1.82) is 0 Å². The second-order valence-electron chi connectivity index (χ2n) is 3.32. The Bertz CT molecular complexity index is 386. The Morgan fingerprint density at radius 3 is 2.81 bits per heavy atom. The number of rotatable bonds is 4. The van der Waals surface area contributed by atoms with Gasteiger partial charge < -0.3 is 4.74 Å². The predicted molar refractivity (Wildman–Crippen MR) is 66.6 cm³/mol. The molecule has 0 unspecified atom stereocenters. The van der Waals surface area contributed by atoms with Gasteiger partial charge >= 0.3 is 6.09 Å². The molecule has 86 valence electrons. The summed E-state index contributed by atoms with van der Waals surface area (Å²) in [6.45, 7) is 7.91. The number of amides is 1. The summed E-state index contributed by atoms with van der Waals surface area (Å²) in [6, 6.07) is 5.79. The Morgan fingerprint density at radius 1 is 1.50 bits per heavy atom. The van der Waals surface area contributed by atoms with Crippen LogP contribution in [-0.2, 0) is 11.2 Å². The molecule has 16 heavy (non-hydrogen) atoms. The zero-order valence-electron chi connectivity index (χ0n) is 9.75. The van der Waals surface area contributed by atoms with Crippen molar-refractivity contribution in [3.05, 3.63) is 35.9 Å². The molecule has 0 aliphatic heterocycles. The van der Waals surface area contributed by atoms with Crippen LogP contribution in [0.1, 0.15) is 25.0 Å². The van der Waals surface area contributed by atoms with Gasteiger partial charge in [-0.15, -0.1) is 0 Å². The van der Waals surface area contributed by atoms with Gasteiger partial charge in [0.25, 0.3) is 0 Å². The van der Waals surface area contributed by atoms with E-state index in [1.807, 2.05) is 25.1 Å². The quantitative estimate of drug-likeness (QED) is 0.842. The molecule has 0 saturated carbocycles. The lowest BCUT2D eigenvalue weighted by Gasteiger charge is -2.10. The summed E-state index contributed by atoms with van der Waals surface area (Å²) >= 11 is 0. The molecule has 0 aliphatic carbocycles. The minimum atomic E-state index is -0.413. The SMILES string of the molecule is C=Cc1ccc(NC(=O)OCC)c(CC)c1. The predicted octanol–water partition coefficient (Wildman–Crippen LogP) is 3.46. The summed E-state index contributed by atoms with van der Waals surface area (Å²) in [7, 11) is 0. The van der Waals surface area contributed by atoms with E-state index < -0.39 is 6.09 Å². The third-order valence-electron chi connectivity index (χ3n) is 2.26. The van der Waals surface area contributed by atoms with E-state index in [-0.39, 0.29) is 0 Å². The molecule has 0 saturated heterocycles. The molecule has 0 spiro atoms. The first-order valence-corrected chi connectivity index (χ1v) is 5.40. The third-order valence-corrected chi connectivity index (χ3v) is 2.26. The van der Waals surface area contributed by atoms with Crippen molar-refractivity contribution in [3.8, 4) is 0 Å². The van der Waals surface area contributed by atoms with Gasteiger partial charge in [0, 0.05) is 5.69 Å². The molecule has 0 atom stereocenters. The fourth-order valence-corrected chi connectivity index (χ4v) is 1.43. The Hall–Kier alpha value is -1.77. The van der Waals surface area contributed by atoms with E-state index in [0.29, 0.717) is 6.61 Å². The minimum absolute atomic E-state index is 0.373. The molecule has 0 bridgehead atoms.